The van der Waals surface area contributed by atoms with Crippen molar-refractivity contribution in [3.05, 3.63) is 66.5 Å². The minimum absolute atomic E-state index is 0.115. The van der Waals surface area contributed by atoms with E-state index in [1.807, 2.05) is 12.1 Å². The number of aliphatic hydroxyl groups excluding tert-OH is 1. The van der Waals surface area contributed by atoms with Crippen molar-refractivity contribution in [3.8, 4) is 11.1 Å². The van der Waals surface area contributed by atoms with E-state index in [-0.39, 0.29) is 30.2 Å². The molecule has 12 heteroatoms. The molecule has 5 rings (SSSR count). The van der Waals surface area contributed by atoms with Crippen LogP contribution in [0.25, 0.3) is 11.1 Å². The van der Waals surface area contributed by atoms with Crippen LogP contribution in [-0.2, 0) is 16.2 Å². The summed E-state index contributed by atoms with van der Waals surface area (Å²) in [7, 11) is -3.84. The molecule has 37 heavy (non-hydrogen) atoms. The van der Waals surface area contributed by atoms with E-state index in [4.69, 9.17) is 0 Å². The number of piperidine rings is 1. The van der Waals surface area contributed by atoms with Crippen LogP contribution in [0.1, 0.15) is 18.4 Å². The first-order valence-corrected chi connectivity index (χ1v) is 13.3. The molecule has 2 aromatic heterocycles. The second-order valence-electron chi connectivity index (χ2n) is 9.17. The van der Waals surface area contributed by atoms with Gasteiger partial charge in [0.15, 0.2) is 0 Å². The highest BCUT2D eigenvalue weighted by Crippen LogP contribution is 2.30. The van der Waals surface area contributed by atoms with Gasteiger partial charge in [-0.25, -0.2) is 18.4 Å². The van der Waals surface area contributed by atoms with Crippen LogP contribution >= 0.6 is 0 Å². The van der Waals surface area contributed by atoms with Gasteiger partial charge in [0.1, 0.15) is 11.6 Å². The number of β-amino-alcohol motifs (C(OH)–C–C–N with tert-alkyl or cyclic N) is 1. The molecule has 0 bridgehead atoms. The van der Waals surface area contributed by atoms with Gasteiger partial charge >= 0.3 is 6.18 Å². The molecule has 196 valence electrons. The summed E-state index contributed by atoms with van der Waals surface area (Å²) >= 11 is 0. The fourth-order valence-electron chi connectivity index (χ4n) is 4.38. The first kappa shape index (κ1) is 25.4. The van der Waals surface area contributed by atoms with Crippen molar-refractivity contribution in [2.75, 3.05) is 36.4 Å². The standard InChI is InChI=1S/C25H26F3N5O3S/c26-25(27,28)19-5-8-23(29-15-19)31-21-10-13-33(16-22(21)34)37(35,36)20-6-2-17(3-7-20)18-4-9-24(30-14-18)32-11-1-12-32/h2-9,14-15,21-22,34H,1,10-13,16H2,(H,29,31)/t21-,22+/m1/s1. The van der Waals surface area contributed by atoms with Crippen molar-refractivity contribution in [3.63, 3.8) is 0 Å². The summed E-state index contributed by atoms with van der Waals surface area (Å²) in [5.41, 5.74) is 0.853. The van der Waals surface area contributed by atoms with Gasteiger partial charge in [0.25, 0.3) is 0 Å². The molecule has 1 aromatic carbocycles. The molecule has 0 amide bonds. The van der Waals surface area contributed by atoms with Crippen LogP contribution in [0.5, 0.6) is 0 Å². The Balaban J connectivity index is 1.21. The van der Waals surface area contributed by atoms with Crippen molar-refractivity contribution >= 4 is 21.7 Å². The molecule has 0 unspecified atom stereocenters. The Kier molecular flexibility index (Phi) is 6.82. The third kappa shape index (κ3) is 5.41. The molecule has 2 aliphatic rings. The van der Waals surface area contributed by atoms with E-state index in [0.29, 0.717) is 6.20 Å². The lowest BCUT2D eigenvalue weighted by Gasteiger charge is -2.35. The maximum atomic E-state index is 13.2. The summed E-state index contributed by atoms with van der Waals surface area (Å²) in [5, 5.41) is 13.5. The highest BCUT2D eigenvalue weighted by Gasteiger charge is 2.35. The minimum Gasteiger partial charge on any atom is -0.390 e. The first-order chi connectivity index (χ1) is 17.6. The average molecular weight is 534 g/mol. The predicted octanol–water partition coefficient (Wildman–Crippen LogP) is 3.61. The molecule has 2 N–H and O–H groups in total. The maximum absolute atomic E-state index is 13.2. The zero-order valence-electron chi connectivity index (χ0n) is 19.8. The number of pyridine rings is 2. The topological polar surface area (TPSA) is 98.7 Å². The van der Waals surface area contributed by atoms with Gasteiger partial charge in [0.2, 0.25) is 10.0 Å². The molecule has 0 saturated carbocycles. The molecule has 3 aromatic rings. The van der Waals surface area contributed by atoms with Gasteiger partial charge in [-0.05, 0) is 54.8 Å². The van der Waals surface area contributed by atoms with Crippen LogP contribution in [0, 0.1) is 0 Å². The van der Waals surface area contributed by atoms with Gasteiger partial charge < -0.3 is 15.3 Å². The fraction of sp³-hybridized carbons (Fsp3) is 0.360. The molecule has 2 saturated heterocycles. The number of anilines is 2. The van der Waals surface area contributed by atoms with Gasteiger partial charge in [0.05, 0.1) is 22.6 Å². The van der Waals surface area contributed by atoms with E-state index in [0.717, 1.165) is 36.1 Å². The fourth-order valence-corrected chi connectivity index (χ4v) is 5.86. The predicted molar refractivity (Wildman–Crippen MR) is 133 cm³/mol. The van der Waals surface area contributed by atoms with Crippen molar-refractivity contribution < 1.29 is 26.7 Å². The number of aliphatic hydroxyl groups is 1. The summed E-state index contributed by atoms with van der Waals surface area (Å²) in [5.74, 6) is 1.11. The molecule has 2 fully saturated rings. The Morgan fingerprint density at radius 2 is 1.65 bits per heavy atom. The van der Waals surface area contributed by atoms with Crippen LogP contribution in [0.3, 0.4) is 0 Å². The average Bonchev–Trinajstić information content (AvgIpc) is 2.84. The van der Waals surface area contributed by atoms with Gasteiger partial charge in [0, 0.05) is 44.1 Å². The van der Waals surface area contributed by atoms with Crippen molar-refractivity contribution in [1.82, 2.24) is 14.3 Å². The lowest BCUT2D eigenvalue weighted by molar-refractivity contribution is -0.137. The normalized spacial score (nSPS) is 20.9. The number of aromatic nitrogens is 2. The lowest BCUT2D eigenvalue weighted by Crippen LogP contribution is -2.51. The zero-order valence-corrected chi connectivity index (χ0v) is 20.6. The summed E-state index contributed by atoms with van der Waals surface area (Å²) in [4.78, 5) is 10.6. The largest absolute Gasteiger partial charge is 0.417 e. The van der Waals surface area contributed by atoms with E-state index in [2.05, 4.69) is 20.2 Å². The Labute approximate surface area is 212 Å². The van der Waals surface area contributed by atoms with Gasteiger partial charge in [-0.2, -0.15) is 17.5 Å². The van der Waals surface area contributed by atoms with Crippen molar-refractivity contribution in [2.24, 2.45) is 0 Å². The van der Waals surface area contributed by atoms with Gasteiger partial charge in [-0.15, -0.1) is 0 Å². The second-order valence-corrected chi connectivity index (χ2v) is 11.1. The number of benzene rings is 1. The number of nitrogens with one attached hydrogen (secondary N) is 1. The van der Waals surface area contributed by atoms with E-state index >= 15 is 0 Å². The molecule has 0 radical (unpaired) electrons. The van der Waals surface area contributed by atoms with Crippen molar-refractivity contribution in [1.29, 1.82) is 0 Å². The number of sulfonamides is 1. The Morgan fingerprint density at radius 3 is 2.19 bits per heavy atom. The number of alkyl halides is 3. The second kappa shape index (κ2) is 9.92. The van der Waals surface area contributed by atoms with Crippen LogP contribution < -0.4 is 10.2 Å². The van der Waals surface area contributed by atoms with Crippen LogP contribution in [0.2, 0.25) is 0 Å². The zero-order chi connectivity index (χ0) is 26.2. The van der Waals surface area contributed by atoms with Crippen LogP contribution in [-0.4, -0.2) is 66.1 Å². The number of rotatable bonds is 6. The van der Waals surface area contributed by atoms with E-state index < -0.39 is 33.9 Å². The quantitative estimate of drug-likeness (QED) is 0.500. The van der Waals surface area contributed by atoms with Crippen LogP contribution in [0.4, 0.5) is 24.8 Å². The van der Waals surface area contributed by atoms with Crippen LogP contribution in [0.15, 0.2) is 65.8 Å². The highest BCUT2D eigenvalue weighted by molar-refractivity contribution is 7.89. The number of hydrogen-bond acceptors (Lipinski definition) is 7. The van der Waals surface area contributed by atoms with E-state index in [1.54, 1.807) is 18.3 Å². The Morgan fingerprint density at radius 1 is 0.919 bits per heavy atom. The summed E-state index contributed by atoms with van der Waals surface area (Å²) in [6.07, 6.45) is -1.64. The third-order valence-corrected chi connectivity index (χ3v) is 8.60. The number of hydrogen-bond donors (Lipinski definition) is 2. The highest BCUT2D eigenvalue weighted by atomic mass is 32.2. The molecular weight excluding hydrogens is 507 g/mol. The van der Waals surface area contributed by atoms with E-state index in [1.165, 1.54) is 28.9 Å². The number of halogens is 3. The Bertz CT molecular complexity index is 1330. The summed E-state index contributed by atoms with van der Waals surface area (Å²) in [6.45, 7) is 2.01. The smallest absolute Gasteiger partial charge is 0.390 e. The SMILES string of the molecule is O=S(=O)(c1ccc(-c2ccc(N3CCC3)nc2)cc1)N1CC[C@@H](Nc2ccc(C(F)(F)F)cn2)[C@@H](O)C1. The van der Waals surface area contributed by atoms with Gasteiger partial charge in [-0.1, -0.05) is 12.1 Å². The molecule has 2 aliphatic heterocycles. The molecular formula is C25H26F3N5O3S. The minimum atomic E-state index is -4.49. The number of nitrogens with zero attached hydrogens (tertiary/aromatic N) is 4. The first-order valence-electron chi connectivity index (χ1n) is 11.9. The molecule has 0 aliphatic carbocycles. The van der Waals surface area contributed by atoms with E-state index in [9.17, 15) is 26.7 Å². The maximum Gasteiger partial charge on any atom is 0.417 e. The monoisotopic (exact) mass is 533 g/mol. The molecule has 8 nitrogen and oxygen atoms in total. The summed E-state index contributed by atoms with van der Waals surface area (Å²) in [6, 6.07) is 12.0. The molecule has 0 spiro atoms. The van der Waals surface area contributed by atoms with Gasteiger partial charge in [-0.3, -0.25) is 0 Å². The lowest BCUT2D eigenvalue weighted by atomic mass is 10.0. The molecule has 2 atom stereocenters. The van der Waals surface area contributed by atoms with Crippen molar-refractivity contribution in [2.45, 2.75) is 36.1 Å². The third-order valence-electron chi connectivity index (χ3n) is 6.72. The Hall–Kier alpha value is -3.22. The molecule has 4 heterocycles. The summed E-state index contributed by atoms with van der Waals surface area (Å²) < 4.78 is 65.8.